The zero-order valence-corrected chi connectivity index (χ0v) is 16.4. The second kappa shape index (κ2) is 10.5. The van der Waals surface area contributed by atoms with E-state index in [2.05, 4.69) is 25.3 Å². The lowest BCUT2D eigenvalue weighted by atomic mass is 10.2. The molecule has 0 amide bonds. The average Bonchev–Trinajstić information content (AvgIpc) is 2.67. The lowest BCUT2D eigenvalue weighted by molar-refractivity contribution is -0.132. The highest BCUT2D eigenvalue weighted by molar-refractivity contribution is 7.86. The maximum Gasteiger partial charge on any atom is 0.341 e. The van der Waals surface area contributed by atoms with E-state index < -0.39 is 11.9 Å². The summed E-state index contributed by atoms with van der Waals surface area (Å²) in [7, 11) is 0. The molecule has 0 unspecified atom stereocenters. The molecular weight excluding hydrogens is 400 g/mol. The van der Waals surface area contributed by atoms with Crippen LogP contribution in [0.5, 0.6) is 11.5 Å². The predicted molar refractivity (Wildman–Crippen MR) is 113 cm³/mol. The topological polar surface area (TPSA) is 93.1 Å². The Kier molecular flexibility index (Phi) is 8.03. The van der Waals surface area contributed by atoms with Gasteiger partial charge >= 0.3 is 11.9 Å². The summed E-state index contributed by atoms with van der Waals surface area (Å²) in [6.45, 7) is 0.646. The Morgan fingerprint density at radius 3 is 1.32 bits per heavy atom. The fourth-order valence-electron chi connectivity index (χ4n) is 2.08. The summed E-state index contributed by atoms with van der Waals surface area (Å²) in [5.41, 5.74) is 1.41. The summed E-state index contributed by atoms with van der Waals surface area (Å²) in [4.78, 5) is 21.4. The molecule has 0 radical (unpaired) electrons. The number of ether oxygens (including phenoxy) is 2. The zero-order chi connectivity index (χ0) is 20.5. The number of thiol groups is 2. The number of carboxylic acids is 2. The first kappa shape index (κ1) is 21.5. The van der Waals surface area contributed by atoms with Crippen molar-refractivity contribution in [1.29, 1.82) is 0 Å². The van der Waals surface area contributed by atoms with Gasteiger partial charge in [0.05, 0.1) is 9.81 Å². The molecule has 0 saturated carbocycles. The molecule has 0 bridgehead atoms. The van der Waals surface area contributed by atoms with Gasteiger partial charge in [0.2, 0.25) is 0 Å². The number of aliphatic carboxylic acids is 2. The normalized spacial score (nSPS) is 11.8. The van der Waals surface area contributed by atoms with Gasteiger partial charge in [0.25, 0.3) is 0 Å². The van der Waals surface area contributed by atoms with Gasteiger partial charge in [-0.05, 0) is 47.5 Å². The zero-order valence-electron chi connectivity index (χ0n) is 14.6. The third-order valence-electron chi connectivity index (χ3n) is 3.43. The van der Waals surface area contributed by atoms with E-state index in [1.807, 2.05) is 0 Å². The van der Waals surface area contributed by atoms with Crippen LogP contribution in [0.1, 0.15) is 11.1 Å². The Bertz CT molecular complexity index is 810. The highest BCUT2D eigenvalue weighted by atomic mass is 32.1. The van der Waals surface area contributed by atoms with Crippen molar-refractivity contribution in [2.45, 2.75) is 0 Å². The van der Waals surface area contributed by atoms with Crippen molar-refractivity contribution in [3.05, 3.63) is 69.5 Å². The highest BCUT2D eigenvalue weighted by Gasteiger charge is 2.03. The number of benzene rings is 2. The van der Waals surface area contributed by atoms with Crippen LogP contribution in [0.4, 0.5) is 0 Å². The van der Waals surface area contributed by atoms with E-state index in [9.17, 15) is 9.59 Å². The Hall–Kier alpha value is -2.84. The van der Waals surface area contributed by atoms with Crippen LogP contribution in [0.25, 0.3) is 12.2 Å². The SMILES string of the molecule is O=C(O)C(S)=Cc1ccc(OCCOc2ccc(C=C(S)C(=O)O)cc2)cc1. The maximum absolute atomic E-state index is 10.7. The van der Waals surface area contributed by atoms with E-state index in [0.29, 0.717) is 35.8 Å². The Morgan fingerprint density at radius 1 is 0.714 bits per heavy atom. The minimum Gasteiger partial charge on any atom is -0.490 e. The maximum atomic E-state index is 10.7. The lowest BCUT2D eigenvalue weighted by Crippen LogP contribution is -2.08. The summed E-state index contributed by atoms with van der Waals surface area (Å²) in [6.07, 6.45) is 2.90. The fraction of sp³-hybridized carbons (Fsp3) is 0.100. The second-order valence-electron chi connectivity index (χ2n) is 5.50. The van der Waals surface area contributed by atoms with Crippen LogP contribution < -0.4 is 9.47 Å². The van der Waals surface area contributed by atoms with Gasteiger partial charge in [-0.2, -0.15) is 0 Å². The molecule has 28 heavy (non-hydrogen) atoms. The standard InChI is InChI=1S/C20H18O6S2/c21-19(22)17(27)11-13-1-5-15(6-2-13)25-9-10-26-16-7-3-14(4-8-16)12-18(28)20(23)24/h1-8,11-12,27-28H,9-10H2,(H,21,22)(H,23,24). The van der Waals surface area contributed by atoms with E-state index in [4.69, 9.17) is 19.7 Å². The molecule has 2 N–H and O–H groups in total. The summed E-state index contributed by atoms with van der Waals surface area (Å²) < 4.78 is 11.1. The molecule has 0 heterocycles. The monoisotopic (exact) mass is 418 g/mol. The van der Waals surface area contributed by atoms with Crippen LogP contribution in [-0.4, -0.2) is 35.4 Å². The van der Waals surface area contributed by atoms with Gasteiger partial charge in [-0.15, -0.1) is 25.3 Å². The summed E-state index contributed by atoms with van der Waals surface area (Å²) in [5, 5.41) is 17.6. The minimum absolute atomic E-state index is 0.0443. The largest absolute Gasteiger partial charge is 0.490 e. The molecule has 0 fully saturated rings. The second-order valence-corrected chi connectivity index (χ2v) is 6.47. The molecule has 0 aliphatic rings. The van der Waals surface area contributed by atoms with Crippen LogP contribution in [0.15, 0.2) is 58.3 Å². The molecule has 6 nitrogen and oxygen atoms in total. The third-order valence-corrected chi connectivity index (χ3v) is 4.07. The van der Waals surface area contributed by atoms with Gasteiger partial charge < -0.3 is 19.7 Å². The van der Waals surface area contributed by atoms with E-state index in [1.165, 1.54) is 12.2 Å². The molecule has 0 saturated heterocycles. The van der Waals surface area contributed by atoms with Crippen LogP contribution in [-0.2, 0) is 9.59 Å². The van der Waals surface area contributed by atoms with Gasteiger partial charge in [-0.1, -0.05) is 24.3 Å². The number of carboxylic acid groups (broad SMARTS) is 2. The fourth-order valence-corrected chi connectivity index (χ4v) is 2.38. The molecule has 0 aliphatic carbocycles. The Morgan fingerprint density at radius 2 is 1.04 bits per heavy atom. The first-order valence-corrected chi connectivity index (χ1v) is 8.98. The lowest BCUT2D eigenvalue weighted by Gasteiger charge is -2.09. The van der Waals surface area contributed by atoms with E-state index >= 15 is 0 Å². The predicted octanol–water partition coefficient (Wildman–Crippen LogP) is 3.86. The molecule has 2 aromatic carbocycles. The number of rotatable bonds is 9. The molecule has 2 rings (SSSR count). The van der Waals surface area contributed by atoms with Gasteiger partial charge in [-0.3, -0.25) is 0 Å². The third kappa shape index (κ3) is 7.05. The number of hydrogen-bond donors (Lipinski definition) is 4. The minimum atomic E-state index is -1.09. The van der Waals surface area contributed by atoms with Crippen molar-refractivity contribution in [2.24, 2.45) is 0 Å². The Balaban J connectivity index is 1.80. The first-order chi connectivity index (χ1) is 13.3. The van der Waals surface area contributed by atoms with Crippen molar-refractivity contribution in [3.63, 3.8) is 0 Å². The molecular formula is C20H18O6S2. The van der Waals surface area contributed by atoms with Crippen molar-refractivity contribution in [1.82, 2.24) is 0 Å². The van der Waals surface area contributed by atoms with Crippen LogP contribution >= 0.6 is 25.3 Å². The van der Waals surface area contributed by atoms with Gasteiger partial charge in [0.15, 0.2) is 0 Å². The highest BCUT2D eigenvalue weighted by Crippen LogP contribution is 2.17. The molecule has 0 spiro atoms. The van der Waals surface area contributed by atoms with E-state index in [-0.39, 0.29) is 9.81 Å². The molecule has 0 aromatic heterocycles. The number of carbonyl (C=O) groups is 2. The van der Waals surface area contributed by atoms with Crippen molar-refractivity contribution < 1.29 is 29.3 Å². The molecule has 8 heteroatoms. The van der Waals surface area contributed by atoms with E-state index in [1.54, 1.807) is 48.5 Å². The molecule has 0 atom stereocenters. The van der Waals surface area contributed by atoms with E-state index in [0.717, 1.165) is 0 Å². The summed E-state index contributed by atoms with van der Waals surface area (Å²) in [5.74, 6) is -0.907. The van der Waals surface area contributed by atoms with Crippen molar-refractivity contribution >= 4 is 49.3 Å². The van der Waals surface area contributed by atoms with Crippen molar-refractivity contribution in [2.75, 3.05) is 13.2 Å². The molecule has 146 valence electrons. The van der Waals surface area contributed by atoms with Crippen LogP contribution in [0, 0.1) is 0 Å². The van der Waals surface area contributed by atoms with Crippen molar-refractivity contribution in [3.8, 4) is 11.5 Å². The smallest absolute Gasteiger partial charge is 0.341 e. The van der Waals surface area contributed by atoms with Crippen LogP contribution in [0.2, 0.25) is 0 Å². The summed E-state index contributed by atoms with van der Waals surface area (Å²) in [6, 6.07) is 13.8. The van der Waals surface area contributed by atoms with Crippen LogP contribution in [0.3, 0.4) is 0 Å². The van der Waals surface area contributed by atoms with Gasteiger partial charge in [0, 0.05) is 0 Å². The average molecular weight is 418 g/mol. The van der Waals surface area contributed by atoms with Gasteiger partial charge in [-0.25, -0.2) is 9.59 Å². The Labute approximate surface area is 172 Å². The van der Waals surface area contributed by atoms with Gasteiger partial charge in [0.1, 0.15) is 24.7 Å². The number of hydrogen-bond acceptors (Lipinski definition) is 6. The quantitative estimate of drug-likeness (QED) is 0.281. The summed E-state index contributed by atoms with van der Waals surface area (Å²) >= 11 is 7.76. The molecule has 2 aromatic rings. The first-order valence-electron chi connectivity index (χ1n) is 8.09. The molecule has 0 aliphatic heterocycles.